The Labute approximate surface area is 165 Å². The molecule has 2 unspecified atom stereocenters. The van der Waals surface area contributed by atoms with E-state index in [-0.39, 0.29) is 4.90 Å². The lowest BCUT2D eigenvalue weighted by Crippen LogP contribution is -2.34. The highest BCUT2D eigenvalue weighted by atomic mass is 32.2. The summed E-state index contributed by atoms with van der Waals surface area (Å²) < 4.78 is 33.9. The number of rotatable bonds is 7. The number of aryl methyl sites for hydroxylation is 1. The average Bonchev–Trinajstić information content (AvgIpc) is 3.32. The quantitative estimate of drug-likeness (QED) is 0.692. The molecule has 0 radical (unpaired) electrons. The summed E-state index contributed by atoms with van der Waals surface area (Å²) >= 11 is 0. The Balaban J connectivity index is 1.18. The summed E-state index contributed by atoms with van der Waals surface area (Å²) in [5.74, 6) is 3.43. The smallest absolute Gasteiger partial charge is 0.324 e. The van der Waals surface area contributed by atoms with E-state index in [0.717, 1.165) is 50.1 Å². The molecule has 4 rings (SSSR count). The topological polar surface area (TPSA) is 98.4 Å². The maximum atomic E-state index is 11.4. The number of hydrogen-bond acceptors (Lipinski definition) is 8. The number of sulfone groups is 1. The molecule has 1 saturated heterocycles. The summed E-state index contributed by atoms with van der Waals surface area (Å²) in [5, 5.41) is 3.87. The van der Waals surface area contributed by atoms with Gasteiger partial charge in [-0.15, -0.1) is 0 Å². The highest BCUT2D eigenvalue weighted by Gasteiger charge is 2.43. The van der Waals surface area contributed by atoms with Gasteiger partial charge in [0.2, 0.25) is 5.88 Å². The van der Waals surface area contributed by atoms with E-state index in [4.69, 9.17) is 9.26 Å². The van der Waals surface area contributed by atoms with E-state index in [9.17, 15) is 8.42 Å². The van der Waals surface area contributed by atoms with Gasteiger partial charge in [0.1, 0.15) is 0 Å². The number of ether oxygens (including phenoxy) is 1. The van der Waals surface area contributed by atoms with Gasteiger partial charge in [-0.25, -0.2) is 13.4 Å². The van der Waals surface area contributed by atoms with E-state index < -0.39 is 9.84 Å². The molecule has 0 amide bonds. The van der Waals surface area contributed by atoms with Gasteiger partial charge in [-0.2, -0.15) is 4.98 Å². The van der Waals surface area contributed by atoms with Gasteiger partial charge in [-0.05, 0) is 56.4 Å². The van der Waals surface area contributed by atoms with Crippen molar-refractivity contribution >= 4 is 15.9 Å². The van der Waals surface area contributed by atoms with Gasteiger partial charge in [-0.3, -0.25) is 0 Å². The lowest BCUT2D eigenvalue weighted by atomic mass is 9.91. The molecule has 2 atom stereocenters. The first kappa shape index (κ1) is 19.2. The normalized spacial score (nSPS) is 23.0. The van der Waals surface area contributed by atoms with Crippen molar-refractivity contribution in [2.75, 3.05) is 30.9 Å². The summed E-state index contributed by atoms with van der Waals surface area (Å²) in [6, 6.07) is 3.80. The Bertz CT molecular complexity index is 904. The van der Waals surface area contributed by atoms with Crippen molar-refractivity contribution in [3.05, 3.63) is 24.2 Å². The molecule has 0 bridgehead atoms. The molecule has 0 N–H and O–H groups in total. The summed E-state index contributed by atoms with van der Waals surface area (Å²) in [5.41, 5.74) is 0. The molecule has 3 heterocycles. The lowest BCUT2D eigenvalue weighted by Gasteiger charge is -2.30. The molecular formula is C19H26N4O4S. The molecule has 152 valence electrons. The molecule has 2 fully saturated rings. The van der Waals surface area contributed by atoms with Gasteiger partial charge in [-0.1, -0.05) is 5.16 Å². The van der Waals surface area contributed by atoms with Crippen LogP contribution in [0.15, 0.2) is 27.7 Å². The molecular weight excluding hydrogens is 380 g/mol. The van der Waals surface area contributed by atoms with Gasteiger partial charge < -0.3 is 14.2 Å². The molecule has 0 spiro atoms. The second kappa shape index (κ2) is 7.69. The van der Waals surface area contributed by atoms with Gasteiger partial charge in [0.15, 0.2) is 15.7 Å². The number of piperidine rings is 1. The van der Waals surface area contributed by atoms with Crippen LogP contribution < -0.4 is 9.64 Å². The molecule has 2 aromatic heterocycles. The molecule has 8 nitrogen and oxygen atoms in total. The zero-order chi connectivity index (χ0) is 19.7. The van der Waals surface area contributed by atoms with Crippen LogP contribution in [0.5, 0.6) is 5.88 Å². The minimum Gasteiger partial charge on any atom is -0.478 e. The summed E-state index contributed by atoms with van der Waals surface area (Å²) in [6.45, 7) is 4.41. The van der Waals surface area contributed by atoms with Crippen LogP contribution in [-0.4, -0.2) is 49.5 Å². The highest BCUT2D eigenvalue weighted by molar-refractivity contribution is 7.90. The lowest BCUT2D eigenvalue weighted by molar-refractivity contribution is 0.274. The van der Waals surface area contributed by atoms with E-state index in [2.05, 4.69) is 20.0 Å². The predicted molar refractivity (Wildman–Crippen MR) is 103 cm³/mol. The van der Waals surface area contributed by atoms with Crippen molar-refractivity contribution in [1.29, 1.82) is 0 Å². The van der Waals surface area contributed by atoms with Crippen molar-refractivity contribution in [3.8, 4) is 5.88 Å². The third kappa shape index (κ3) is 4.45. The zero-order valence-corrected chi connectivity index (χ0v) is 17.1. The average molecular weight is 407 g/mol. The number of nitrogens with zero attached hydrogens (tertiary/aromatic N) is 4. The Hall–Kier alpha value is -2.16. The fourth-order valence-electron chi connectivity index (χ4n) is 4.10. The summed E-state index contributed by atoms with van der Waals surface area (Å²) in [6.07, 6.45) is 7.14. The van der Waals surface area contributed by atoms with Crippen LogP contribution in [0, 0.1) is 24.7 Å². The van der Waals surface area contributed by atoms with Crippen molar-refractivity contribution in [1.82, 2.24) is 15.1 Å². The van der Waals surface area contributed by atoms with Crippen LogP contribution >= 0.6 is 0 Å². The third-order valence-electron chi connectivity index (χ3n) is 5.79. The minimum atomic E-state index is -3.22. The maximum absolute atomic E-state index is 11.4. The molecule has 28 heavy (non-hydrogen) atoms. The van der Waals surface area contributed by atoms with E-state index >= 15 is 0 Å². The predicted octanol–water partition coefficient (Wildman–Crippen LogP) is 2.50. The molecule has 2 aliphatic rings. The highest BCUT2D eigenvalue weighted by Crippen LogP contribution is 2.49. The fourth-order valence-corrected chi connectivity index (χ4v) is 4.66. The van der Waals surface area contributed by atoms with Crippen LogP contribution in [0.1, 0.15) is 31.5 Å². The van der Waals surface area contributed by atoms with Crippen molar-refractivity contribution in [3.63, 3.8) is 0 Å². The Morgan fingerprint density at radius 1 is 1.29 bits per heavy atom. The van der Waals surface area contributed by atoms with E-state index in [0.29, 0.717) is 24.3 Å². The first-order chi connectivity index (χ1) is 13.4. The Morgan fingerprint density at radius 3 is 2.68 bits per heavy atom. The van der Waals surface area contributed by atoms with Crippen LogP contribution in [0.4, 0.5) is 6.01 Å². The largest absolute Gasteiger partial charge is 0.478 e. The molecule has 2 aromatic rings. The molecule has 1 aliphatic heterocycles. The van der Waals surface area contributed by atoms with Crippen molar-refractivity contribution < 1.29 is 17.7 Å². The minimum absolute atomic E-state index is 0.212. The number of hydrogen-bond donors (Lipinski definition) is 0. The van der Waals surface area contributed by atoms with E-state index in [1.807, 2.05) is 6.92 Å². The standard InChI is InChI=1S/C19H26N4O4S/c1-13-21-19(27-22-13)23-8-5-14(6-9-23)17-11-15(17)7-10-26-18-4-3-16(12-20-18)28(2,24)25/h3-4,12,14-15,17H,5-11H2,1-2H3. The SMILES string of the molecule is Cc1noc(N2CCC(C3CC3CCOc3ccc(S(C)(=O)=O)cn3)CC2)n1. The van der Waals surface area contributed by atoms with E-state index in [1.54, 1.807) is 6.07 Å². The van der Waals surface area contributed by atoms with Crippen LogP contribution in [0.2, 0.25) is 0 Å². The van der Waals surface area contributed by atoms with Gasteiger partial charge in [0.25, 0.3) is 0 Å². The molecule has 9 heteroatoms. The maximum Gasteiger partial charge on any atom is 0.324 e. The monoisotopic (exact) mass is 406 g/mol. The molecule has 1 saturated carbocycles. The third-order valence-corrected chi connectivity index (χ3v) is 6.88. The van der Waals surface area contributed by atoms with Crippen LogP contribution in [0.3, 0.4) is 0 Å². The first-order valence-electron chi connectivity index (χ1n) is 9.74. The number of anilines is 1. The number of pyridine rings is 1. The Morgan fingerprint density at radius 2 is 2.07 bits per heavy atom. The number of aromatic nitrogens is 3. The van der Waals surface area contributed by atoms with Crippen LogP contribution in [-0.2, 0) is 9.84 Å². The summed E-state index contributed by atoms with van der Waals surface area (Å²) in [4.78, 5) is 10.8. The first-order valence-corrected chi connectivity index (χ1v) is 11.6. The second-order valence-corrected chi connectivity index (χ2v) is 9.87. The molecule has 1 aliphatic carbocycles. The summed E-state index contributed by atoms with van der Waals surface area (Å²) in [7, 11) is -3.22. The van der Waals surface area contributed by atoms with Crippen LogP contribution in [0.25, 0.3) is 0 Å². The van der Waals surface area contributed by atoms with Gasteiger partial charge in [0.05, 0.1) is 11.5 Å². The van der Waals surface area contributed by atoms with Crippen molar-refractivity contribution in [2.45, 2.75) is 37.5 Å². The Kier molecular flexibility index (Phi) is 5.27. The van der Waals surface area contributed by atoms with Gasteiger partial charge >= 0.3 is 6.01 Å². The van der Waals surface area contributed by atoms with Gasteiger partial charge in [0, 0.05) is 31.6 Å². The second-order valence-electron chi connectivity index (χ2n) is 7.85. The van der Waals surface area contributed by atoms with E-state index in [1.165, 1.54) is 24.9 Å². The fraction of sp³-hybridized carbons (Fsp3) is 0.632. The zero-order valence-electron chi connectivity index (χ0n) is 16.2. The van der Waals surface area contributed by atoms with Crippen molar-refractivity contribution in [2.24, 2.45) is 17.8 Å². The molecule has 0 aromatic carbocycles.